The minimum Gasteiger partial charge on any atom is -0.355 e. The number of carbonyl (C=O) groups excluding carboxylic acids is 2. The Balaban J connectivity index is 1.81. The van der Waals surface area contributed by atoms with Gasteiger partial charge in [0.05, 0.1) is 10.6 Å². The third-order valence-corrected chi connectivity index (χ3v) is 9.43. The second-order valence-electron chi connectivity index (χ2n) is 10.4. The number of hydrogen-bond donors (Lipinski definition) is 1. The molecule has 0 saturated heterocycles. The number of hydrogen-bond acceptors (Lipinski definition) is 4. The molecular weight excluding hydrogens is 626 g/mol. The van der Waals surface area contributed by atoms with Gasteiger partial charge >= 0.3 is 0 Å². The van der Waals surface area contributed by atoms with Crippen LogP contribution < -0.4 is 9.62 Å². The molecule has 0 fully saturated rings. The maximum Gasteiger partial charge on any atom is 0.264 e. The summed E-state index contributed by atoms with van der Waals surface area (Å²) in [5.41, 5.74) is 3.68. The highest BCUT2D eigenvalue weighted by Crippen LogP contribution is 2.29. The number of nitrogens with zero attached hydrogens (tertiary/aromatic N) is 2. The summed E-state index contributed by atoms with van der Waals surface area (Å²) >= 11 is 3.45. The molecule has 4 aromatic carbocycles. The van der Waals surface area contributed by atoms with Crippen LogP contribution in [0.1, 0.15) is 29.2 Å². The van der Waals surface area contributed by atoms with Crippen LogP contribution in [0.2, 0.25) is 0 Å². The van der Waals surface area contributed by atoms with Crippen LogP contribution in [0.15, 0.2) is 112 Å². The Labute approximate surface area is 262 Å². The van der Waals surface area contributed by atoms with Crippen LogP contribution >= 0.6 is 15.9 Å². The smallest absolute Gasteiger partial charge is 0.264 e. The number of halogens is 1. The van der Waals surface area contributed by atoms with Crippen molar-refractivity contribution in [2.75, 3.05) is 17.4 Å². The highest BCUT2D eigenvalue weighted by Gasteiger charge is 2.35. The number of aryl methyl sites for hydroxylation is 2. The molecule has 1 unspecified atom stereocenters. The molecule has 0 aliphatic heterocycles. The first kappa shape index (κ1) is 32.0. The summed E-state index contributed by atoms with van der Waals surface area (Å²) in [6, 6.07) is 29.7. The summed E-state index contributed by atoms with van der Waals surface area (Å²) < 4.78 is 30.3. The van der Waals surface area contributed by atoms with Crippen molar-refractivity contribution < 1.29 is 18.0 Å². The molecule has 1 N–H and O–H groups in total. The molecule has 7 nitrogen and oxygen atoms in total. The lowest BCUT2D eigenvalue weighted by Gasteiger charge is -2.34. The summed E-state index contributed by atoms with van der Waals surface area (Å²) in [6.45, 7) is 5.55. The highest BCUT2D eigenvalue weighted by atomic mass is 79.9. The molecule has 4 rings (SSSR count). The van der Waals surface area contributed by atoms with E-state index >= 15 is 0 Å². The van der Waals surface area contributed by atoms with Crippen molar-refractivity contribution in [2.24, 2.45) is 0 Å². The zero-order valence-corrected chi connectivity index (χ0v) is 26.9. The molecule has 224 valence electrons. The number of carbonyl (C=O) groups is 2. The summed E-state index contributed by atoms with van der Waals surface area (Å²) in [5, 5.41) is 2.88. The summed E-state index contributed by atoms with van der Waals surface area (Å²) in [5.74, 6) is -0.795. The van der Waals surface area contributed by atoms with Crippen molar-refractivity contribution in [3.05, 3.63) is 130 Å². The van der Waals surface area contributed by atoms with Gasteiger partial charge in [-0.05, 0) is 73.4 Å². The first-order valence-electron chi connectivity index (χ1n) is 14.1. The fourth-order valence-corrected chi connectivity index (χ4v) is 6.61. The molecule has 1 atom stereocenters. The van der Waals surface area contributed by atoms with E-state index in [4.69, 9.17) is 0 Å². The number of anilines is 1. The quantitative estimate of drug-likeness (QED) is 0.201. The van der Waals surface area contributed by atoms with Crippen molar-refractivity contribution in [3.63, 3.8) is 0 Å². The molecule has 0 aromatic heterocycles. The van der Waals surface area contributed by atoms with E-state index in [9.17, 15) is 18.0 Å². The van der Waals surface area contributed by atoms with Crippen LogP contribution in [-0.4, -0.2) is 44.3 Å². The molecule has 9 heteroatoms. The first-order chi connectivity index (χ1) is 20.6. The average Bonchev–Trinajstić information content (AvgIpc) is 3.01. The molecule has 43 heavy (non-hydrogen) atoms. The van der Waals surface area contributed by atoms with Gasteiger partial charge in [0.1, 0.15) is 12.6 Å². The maximum atomic E-state index is 14.4. The summed E-state index contributed by atoms with van der Waals surface area (Å²) in [7, 11) is -4.14. The van der Waals surface area contributed by atoms with Gasteiger partial charge in [0.25, 0.3) is 10.0 Å². The van der Waals surface area contributed by atoms with E-state index < -0.39 is 28.5 Å². The Morgan fingerprint density at radius 2 is 1.47 bits per heavy atom. The topological polar surface area (TPSA) is 86.8 Å². The highest BCUT2D eigenvalue weighted by molar-refractivity contribution is 9.10. The number of benzene rings is 4. The third kappa shape index (κ3) is 8.12. The standard InChI is InChI=1S/C34H36BrN3O4S/c1-4-36-34(40)32(22-27-11-7-5-8-12-27)37(23-28-17-19-29(35)20-18-28)33(39)24-38(31-21-25(2)15-16-26(31)3)43(41,42)30-13-9-6-10-14-30/h5-21,32H,4,22-24H2,1-3H3,(H,36,40). The zero-order chi connectivity index (χ0) is 31.0. The van der Waals surface area contributed by atoms with E-state index in [0.717, 1.165) is 21.2 Å². The molecule has 0 radical (unpaired) electrons. The van der Waals surface area contributed by atoms with Gasteiger partial charge in [-0.2, -0.15) is 0 Å². The number of likely N-dealkylation sites (N-methyl/N-ethyl adjacent to an activating group) is 1. The van der Waals surface area contributed by atoms with Crippen LogP contribution in [0, 0.1) is 13.8 Å². The van der Waals surface area contributed by atoms with Crippen molar-refractivity contribution in [1.29, 1.82) is 0 Å². The number of sulfonamides is 1. The van der Waals surface area contributed by atoms with E-state index in [-0.39, 0.29) is 23.8 Å². The Bertz CT molecular complexity index is 1650. The lowest BCUT2D eigenvalue weighted by Crippen LogP contribution is -2.53. The van der Waals surface area contributed by atoms with Crippen molar-refractivity contribution in [1.82, 2.24) is 10.2 Å². The van der Waals surface area contributed by atoms with E-state index in [1.54, 1.807) is 24.3 Å². The van der Waals surface area contributed by atoms with Gasteiger partial charge < -0.3 is 10.2 Å². The van der Waals surface area contributed by atoms with Gasteiger partial charge in [-0.15, -0.1) is 0 Å². The monoisotopic (exact) mass is 661 g/mol. The van der Waals surface area contributed by atoms with E-state index in [1.807, 2.05) is 87.5 Å². The van der Waals surface area contributed by atoms with Crippen LogP contribution in [0.25, 0.3) is 0 Å². The van der Waals surface area contributed by atoms with Crippen molar-refractivity contribution in [2.45, 2.75) is 44.7 Å². The summed E-state index contributed by atoms with van der Waals surface area (Å²) in [6.07, 6.45) is 0.268. The molecule has 0 heterocycles. The fraction of sp³-hybridized carbons (Fsp3) is 0.235. The van der Waals surface area contributed by atoms with Crippen molar-refractivity contribution in [3.8, 4) is 0 Å². The Morgan fingerprint density at radius 1 is 0.837 bits per heavy atom. The molecule has 4 aromatic rings. The first-order valence-corrected chi connectivity index (χ1v) is 16.3. The molecule has 0 bridgehead atoms. The molecule has 0 aliphatic carbocycles. The van der Waals surface area contributed by atoms with Gasteiger partial charge in [-0.3, -0.25) is 13.9 Å². The number of amides is 2. The molecule has 0 saturated carbocycles. The number of nitrogens with one attached hydrogen (secondary N) is 1. The minimum atomic E-state index is -4.14. The second-order valence-corrected chi connectivity index (χ2v) is 13.1. The lowest BCUT2D eigenvalue weighted by molar-refractivity contribution is -0.140. The zero-order valence-electron chi connectivity index (χ0n) is 24.5. The van der Waals surface area contributed by atoms with Crippen LogP contribution in [0.5, 0.6) is 0 Å². The van der Waals surface area contributed by atoms with Crippen molar-refractivity contribution >= 4 is 43.5 Å². The van der Waals surface area contributed by atoms with Gasteiger partial charge in [-0.25, -0.2) is 8.42 Å². The maximum absolute atomic E-state index is 14.4. The van der Waals surface area contributed by atoms with E-state index in [1.165, 1.54) is 21.3 Å². The molecule has 0 aliphatic rings. The molecule has 0 spiro atoms. The molecule has 2 amide bonds. The van der Waals surface area contributed by atoms with Crippen LogP contribution in [0.3, 0.4) is 0 Å². The summed E-state index contributed by atoms with van der Waals surface area (Å²) in [4.78, 5) is 29.6. The van der Waals surface area contributed by atoms with E-state index in [2.05, 4.69) is 21.2 Å². The Morgan fingerprint density at radius 3 is 2.09 bits per heavy atom. The van der Waals surface area contributed by atoms with E-state index in [0.29, 0.717) is 17.8 Å². The van der Waals surface area contributed by atoms with Crippen LogP contribution in [0.4, 0.5) is 5.69 Å². The van der Waals surface area contributed by atoms with Crippen LogP contribution in [-0.2, 0) is 32.6 Å². The third-order valence-electron chi connectivity index (χ3n) is 7.13. The predicted molar refractivity (Wildman–Crippen MR) is 174 cm³/mol. The largest absolute Gasteiger partial charge is 0.355 e. The average molecular weight is 663 g/mol. The SMILES string of the molecule is CCNC(=O)C(Cc1ccccc1)N(Cc1ccc(Br)cc1)C(=O)CN(c1cc(C)ccc1C)S(=O)(=O)c1ccccc1. The number of rotatable bonds is 12. The van der Waals surface area contributed by atoms with Gasteiger partial charge in [0.2, 0.25) is 11.8 Å². The minimum absolute atomic E-state index is 0.0766. The Hall–Kier alpha value is -3.95. The second kappa shape index (κ2) is 14.5. The molecular formula is C34H36BrN3O4S. The Kier molecular flexibility index (Phi) is 10.8. The van der Waals surface area contributed by atoms with Gasteiger partial charge in [0.15, 0.2) is 0 Å². The normalized spacial score (nSPS) is 11.9. The lowest BCUT2D eigenvalue weighted by atomic mass is 10.0. The predicted octanol–water partition coefficient (Wildman–Crippen LogP) is 6.04. The van der Waals surface area contributed by atoms with Gasteiger partial charge in [-0.1, -0.05) is 88.7 Å². The fourth-order valence-electron chi connectivity index (χ4n) is 4.85. The van der Waals surface area contributed by atoms with Gasteiger partial charge in [0, 0.05) is 24.0 Å².